The highest BCUT2D eigenvalue weighted by atomic mass is 31.2. The maximum Gasteiger partial charge on any atom is 0.472 e. The summed E-state index contributed by atoms with van der Waals surface area (Å²) in [6, 6.07) is 0. The largest absolute Gasteiger partial charge is 0.472 e. The first-order valence-corrected chi connectivity index (χ1v) is 27.6. The quantitative estimate of drug-likeness (QED) is 0.0214. The molecule has 0 bridgehead atoms. The molecule has 0 aromatic carbocycles. The fourth-order valence-electron chi connectivity index (χ4n) is 7.47. The van der Waals surface area contributed by atoms with Crippen LogP contribution in [-0.2, 0) is 27.9 Å². The van der Waals surface area contributed by atoms with Crippen LogP contribution in [0.15, 0.2) is 24.3 Å². The van der Waals surface area contributed by atoms with E-state index in [1.165, 1.54) is 186 Å². The Morgan fingerprint density at radius 2 is 0.902 bits per heavy atom. The second-order valence-corrected chi connectivity index (χ2v) is 20.4. The Balaban J connectivity index is 4.10. The summed E-state index contributed by atoms with van der Waals surface area (Å²) in [6.07, 6.45) is 53.6. The van der Waals surface area contributed by atoms with Crippen molar-refractivity contribution in [1.82, 2.24) is 0 Å². The highest BCUT2D eigenvalue weighted by Gasteiger charge is 2.26. The van der Waals surface area contributed by atoms with Crippen molar-refractivity contribution in [2.75, 3.05) is 54.1 Å². The van der Waals surface area contributed by atoms with Gasteiger partial charge in [0.25, 0.3) is 0 Å². The van der Waals surface area contributed by atoms with Gasteiger partial charge in [0, 0.05) is 13.0 Å². The van der Waals surface area contributed by atoms with Gasteiger partial charge in [0.1, 0.15) is 19.3 Å². The first-order valence-electron chi connectivity index (χ1n) is 26.1. The SMILES string of the molecule is CCCCCCC/C=C\C/C=C\CCCCCCCCCCCCCC(=O)OC(COCCCCCCCCCCCCCCCCCC)COP(=O)(O)OCC[N+](C)(C)C. The number of phosphoric ester groups is 1. The third-order valence-corrected chi connectivity index (χ3v) is 12.5. The molecule has 0 aliphatic carbocycles. The number of phosphoric acid groups is 1. The van der Waals surface area contributed by atoms with E-state index in [-0.39, 0.29) is 25.8 Å². The molecule has 0 fully saturated rings. The van der Waals surface area contributed by atoms with Crippen molar-refractivity contribution < 1.29 is 37.3 Å². The second-order valence-electron chi connectivity index (χ2n) is 18.9. The lowest BCUT2D eigenvalue weighted by Gasteiger charge is -2.24. The predicted octanol–water partition coefficient (Wildman–Crippen LogP) is 16.0. The topological polar surface area (TPSA) is 91.3 Å². The number of rotatable bonds is 49. The molecule has 0 spiro atoms. The Kier molecular flexibility index (Phi) is 44.8. The van der Waals surface area contributed by atoms with Crippen LogP contribution in [-0.4, -0.2) is 75.6 Å². The summed E-state index contributed by atoms with van der Waals surface area (Å²) in [6.45, 7) is 5.66. The molecular weight excluding hydrogens is 782 g/mol. The number of unbranched alkanes of at least 4 members (excludes halogenated alkanes) is 31. The van der Waals surface area contributed by atoms with Crippen LogP contribution in [0.3, 0.4) is 0 Å². The number of hydrogen-bond acceptors (Lipinski definition) is 6. The summed E-state index contributed by atoms with van der Waals surface area (Å²) in [5, 5.41) is 0. The van der Waals surface area contributed by atoms with E-state index >= 15 is 0 Å². The number of quaternary nitrogens is 1. The summed E-state index contributed by atoms with van der Waals surface area (Å²) >= 11 is 0. The van der Waals surface area contributed by atoms with E-state index in [1.807, 2.05) is 21.1 Å². The van der Waals surface area contributed by atoms with Crippen molar-refractivity contribution in [3.8, 4) is 0 Å². The maximum atomic E-state index is 12.8. The van der Waals surface area contributed by atoms with E-state index in [2.05, 4.69) is 38.2 Å². The molecule has 0 amide bonds. The smallest absolute Gasteiger partial charge is 0.457 e. The molecule has 9 heteroatoms. The minimum absolute atomic E-state index is 0.0908. The molecule has 0 heterocycles. The van der Waals surface area contributed by atoms with Gasteiger partial charge in [-0.25, -0.2) is 4.57 Å². The number of ether oxygens (including phenoxy) is 2. The van der Waals surface area contributed by atoms with Crippen LogP contribution in [0, 0.1) is 0 Å². The average molecular weight is 885 g/mol. The number of esters is 1. The zero-order valence-electron chi connectivity index (χ0n) is 41.2. The van der Waals surface area contributed by atoms with Gasteiger partial charge >= 0.3 is 13.8 Å². The fraction of sp³-hybridized carbons (Fsp3) is 0.904. The number of carbonyl (C=O) groups is 1. The van der Waals surface area contributed by atoms with Crippen LogP contribution in [0.4, 0.5) is 0 Å². The summed E-state index contributed by atoms with van der Waals surface area (Å²) in [5.74, 6) is -0.311. The van der Waals surface area contributed by atoms with E-state index in [0.29, 0.717) is 24.1 Å². The van der Waals surface area contributed by atoms with Gasteiger partial charge in [-0.1, -0.05) is 218 Å². The molecule has 362 valence electrons. The van der Waals surface area contributed by atoms with Crippen molar-refractivity contribution in [2.24, 2.45) is 0 Å². The molecule has 0 saturated carbocycles. The Morgan fingerprint density at radius 1 is 0.508 bits per heavy atom. The van der Waals surface area contributed by atoms with Crippen LogP contribution in [0.1, 0.15) is 245 Å². The molecule has 2 unspecified atom stereocenters. The van der Waals surface area contributed by atoms with Crippen molar-refractivity contribution in [3.63, 3.8) is 0 Å². The minimum Gasteiger partial charge on any atom is -0.457 e. The molecule has 2 atom stereocenters. The molecule has 0 aromatic heterocycles. The van der Waals surface area contributed by atoms with Crippen LogP contribution in [0.25, 0.3) is 0 Å². The summed E-state index contributed by atoms with van der Waals surface area (Å²) < 4.78 is 35.2. The van der Waals surface area contributed by atoms with Crippen molar-refractivity contribution in [1.29, 1.82) is 0 Å². The lowest BCUT2D eigenvalue weighted by Crippen LogP contribution is -2.37. The standard InChI is InChI=1S/C52H102NO7P/c1-6-8-10-12-14-16-18-20-22-24-25-26-27-28-29-30-31-33-35-37-39-41-43-45-52(54)60-51(50-59-61(55,56)58-48-46-53(3,4)5)49-57-47-44-42-40-38-36-34-32-23-21-19-17-15-13-11-9-7-2/h18,20,24-25,51H,6-17,19,21-23,26-50H2,1-5H3/p+1/b20-18-,25-24-. The summed E-state index contributed by atoms with van der Waals surface area (Å²) in [5.41, 5.74) is 0. The molecule has 0 aromatic rings. The van der Waals surface area contributed by atoms with E-state index in [4.69, 9.17) is 18.5 Å². The average Bonchev–Trinajstić information content (AvgIpc) is 3.22. The van der Waals surface area contributed by atoms with Gasteiger partial charge in [0.05, 0.1) is 34.4 Å². The van der Waals surface area contributed by atoms with Crippen molar-refractivity contribution in [2.45, 2.75) is 251 Å². The fourth-order valence-corrected chi connectivity index (χ4v) is 8.21. The third-order valence-electron chi connectivity index (χ3n) is 11.5. The second kappa shape index (κ2) is 45.5. The Labute approximate surface area is 379 Å². The monoisotopic (exact) mass is 885 g/mol. The van der Waals surface area contributed by atoms with Gasteiger partial charge in [-0.15, -0.1) is 0 Å². The number of allylic oxidation sites excluding steroid dienone is 4. The number of hydrogen-bond donors (Lipinski definition) is 1. The number of likely N-dealkylation sites (N-methyl/N-ethyl adjacent to an activating group) is 1. The maximum absolute atomic E-state index is 12.8. The molecule has 0 aliphatic rings. The summed E-state index contributed by atoms with van der Waals surface area (Å²) in [4.78, 5) is 23.0. The molecule has 0 rings (SSSR count). The van der Waals surface area contributed by atoms with E-state index in [0.717, 1.165) is 38.5 Å². The highest BCUT2D eigenvalue weighted by Crippen LogP contribution is 2.43. The van der Waals surface area contributed by atoms with Crippen LogP contribution < -0.4 is 0 Å². The van der Waals surface area contributed by atoms with Crippen molar-refractivity contribution in [3.05, 3.63) is 24.3 Å². The van der Waals surface area contributed by atoms with Crippen LogP contribution in [0.5, 0.6) is 0 Å². The lowest BCUT2D eigenvalue weighted by atomic mass is 10.0. The van der Waals surface area contributed by atoms with E-state index in [9.17, 15) is 14.3 Å². The van der Waals surface area contributed by atoms with Crippen LogP contribution >= 0.6 is 7.82 Å². The minimum atomic E-state index is -4.28. The predicted molar refractivity (Wildman–Crippen MR) is 261 cm³/mol. The van der Waals surface area contributed by atoms with Gasteiger partial charge in [0.15, 0.2) is 0 Å². The van der Waals surface area contributed by atoms with Crippen molar-refractivity contribution >= 4 is 13.8 Å². The number of carbonyl (C=O) groups excluding carboxylic acids is 1. The number of nitrogens with zero attached hydrogens (tertiary/aromatic N) is 1. The molecule has 0 saturated heterocycles. The first-order chi connectivity index (χ1) is 29.6. The van der Waals surface area contributed by atoms with E-state index in [1.54, 1.807) is 0 Å². The first kappa shape index (κ1) is 60.0. The zero-order chi connectivity index (χ0) is 44.8. The highest BCUT2D eigenvalue weighted by molar-refractivity contribution is 7.47. The Morgan fingerprint density at radius 3 is 1.33 bits per heavy atom. The Bertz CT molecular complexity index is 1030. The molecule has 0 radical (unpaired) electrons. The summed E-state index contributed by atoms with van der Waals surface area (Å²) in [7, 11) is 1.68. The van der Waals surface area contributed by atoms with Crippen LogP contribution in [0.2, 0.25) is 0 Å². The van der Waals surface area contributed by atoms with Gasteiger partial charge in [-0.2, -0.15) is 0 Å². The molecule has 61 heavy (non-hydrogen) atoms. The molecule has 1 N–H and O–H groups in total. The lowest BCUT2D eigenvalue weighted by molar-refractivity contribution is -0.870. The third kappa shape index (κ3) is 49.8. The van der Waals surface area contributed by atoms with E-state index < -0.39 is 13.9 Å². The van der Waals surface area contributed by atoms with Gasteiger partial charge < -0.3 is 18.9 Å². The molecule has 0 aliphatic heterocycles. The van der Waals surface area contributed by atoms with Gasteiger partial charge in [-0.3, -0.25) is 13.8 Å². The molecule has 8 nitrogen and oxygen atoms in total. The van der Waals surface area contributed by atoms with Gasteiger partial charge in [-0.05, 0) is 44.9 Å². The Hall–Kier alpha value is -1.02. The zero-order valence-corrected chi connectivity index (χ0v) is 42.1. The normalized spacial score (nSPS) is 13.7. The van der Waals surface area contributed by atoms with Gasteiger partial charge in [0.2, 0.25) is 0 Å². The molecular formula is C52H103NO7P+.